The second kappa shape index (κ2) is 4.68. The Balaban J connectivity index is 3.06. The number of aromatic nitrogens is 3. The fourth-order valence-corrected chi connectivity index (χ4v) is 1.18. The lowest BCUT2D eigenvalue weighted by molar-refractivity contribution is 0.827. The van der Waals surface area contributed by atoms with Crippen molar-refractivity contribution in [2.75, 3.05) is 5.32 Å². The number of hydrogen-bond donors (Lipinski definition) is 1. The van der Waals surface area contributed by atoms with Gasteiger partial charge in [-0.3, -0.25) is 0 Å². The predicted octanol–water partition coefficient (Wildman–Crippen LogP) is 2.83. The highest BCUT2D eigenvalue weighted by molar-refractivity contribution is 6.66. The zero-order chi connectivity index (χ0) is 11.6. The van der Waals surface area contributed by atoms with E-state index in [4.69, 9.17) is 34.8 Å². The third-order valence-corrected chi connectivity index (χ3v) is 1.93. The average Bonchev–Trinajstić information content (AvgIpc) is 1.99. The van der Waals surface area contributed by atoms with E-state index in [2.05, 4.69) is 20.3 Å². The van der Waals surface area contributed by atoms with E-state index in [0.29, 0.717) is 11.8 Å². The van der Waals surface area contributed by atoms with Crippen LogP contribution in [0.3, 0.4) is 0 Å². The fourth-order valence-electron chi connectivity index (χ4n) is 0.931. The Hall–Kier alpha value is -0.320. The minimum atomic E-state index is -1.62. The molecule has 0 aliphatic heterocycles. The number of anilines is 1. The third kappa shape index (κ3) is 3.97. The van der Waals surface area contributed by atoms with Crippen LogP contribution >= 0.6 is 34.8 Å². The van der Waals surface area contributed by atoms with E-state index < -0.39 is 3.79 Å². The lowest BCUT2D eigenvalue weighted by atomic mass is 10.4. The van der Waals surface area contributed by atoms with Crippen molar-refractivity contribution in [2.24, 2.45) is 0 Å². The van der Waals surface area contributed by atoms with Crippen LogP contribution in [0.15, 0.2) is 0 Å². The third-order valence-electron chi connectivity index (χ3n) is 1.42. The Bertz CT molecular complexity index is 348. The van der Waals surface area contributed by atoms with Crippen molar-refractivity contribution < 1.29 is 0 Å². The summed E-state index contributed by atoms with van der Waals surface area (Å²) in [6.07, 6.45) is 0. The van der Waals surface area contributed by atoms with Crippen LogP contribution in [0.1, 0.15) is 25.5 Å². The minimum absolute atomic E-state index is 0.128. The highest BCUT2D eigenvalue weighted by Gasteiger charge is 2.27. The van der Waals surface area contributed by atoms with Crippen LogP contribution in [0.5, 0.6) is 0 Å². The normalized spacial score (nSPS) is 11.9. The summed E-state index contributed by atoms with van der Waals surface area (Å²) < 4.78 is -1.62. The Kier molecular flexibility index (Phi) is 3.98. The largest absolute Gasteiger partial charge is 0.352 e. The zero-order valence-electron chi connectivity index (χ0n) is 8.55. The molecule has 0 spiro atoms. The molecule has 0 saturated heterocycles. The first-order chi connectivity index (χ1) is 6.79. The van der Waals surface area contributed by atoms with Gasteiger partial charge in [-0.25, -0.2) is 4.98 Å². The number of nitrogens with zero attached hydrogens (tertiary/aromatic N) is 3. The molecule has 84 valence electrons. The molecule has 0 radical (unpaired) electrons. The van der Waals surface area contributed by atoms with Gasteiger partial charge in [0.15, 0.2) is 5.82 Å². The molecule has 0 unspecified atom stereocenters. The molecule has 15 heavy (non-hydrogen) atoms. The maximum atomic E-state index is 5.69. The molecule has 1 aromatic heterocycles. The van der Waals surface area contributed by atoms with Gasteiger partial charge in [0.1, 0.15) is 5.82 Å². The van der Waals surface area contributed by atoms with Gasteiger partial charge in [0.05, 0.1) is 0 Å². The van der Waals surface area contributed by atoms with Gasteiger partial charge in [0, 0.05) is 6.04 Å². The van der Waals surface area contributed by atoms with Crippen LogP contribution in [-0.4, -0.2) is 21.0 Å². The maximum absolute atomic E-state index is 5.69. The first-order valence-electron chi connectivity index (χ1n) is 4.35. The van der Waals surface area contributed by atoms with Crippen molar-refractivity contribution in [2.45, 2.75) is 30.6 Å². The topological polar surface area (TPSA) is 50.7 Å². The highest BCUT2D eigenvalue weighted by Crippen LogP contribution is 2.35. The molecule has 0 aromatic carbocycles. The number of halogens is 3. The van der Waals surface area contributed by atoms with E-state index in [1.54, 1.807) is 6.92 Å². The van der Waals surface area contributed by atoms with Gasteiger partial charge in [0.25, 0.3) is 0 Å². The summed E-state index contributed by atoms with van der Waals surface area (Å²) in [6.45, 7) is 5.65. The lowest BCUT2D eigenvalue weighted by Crippen LogP contribution is -2.17. The molecule has 0 fully saturated rings. The standard InChI is InChI=1S/C8H11Cl3N4/c1-4(2)12-7-14-5(3)13-6(15-7)8(9,10)11/h4H,1-3H3,(H,12,13,14,15). The van der Waals surface area contributed by atoms with E-state index in [9.17, 15) is 0 Å². The summed E-state index contributed by atoms with van der Waals surface area (Å²) in [5.74, 6) is 1.05. The molecule has 0 aliphatic carbocycles. The average molecular weight is 270 g/mol. The van der Waals surface area contributed by atoms with Crippen molar-refractivity contribution in [3.05, 3.63) is 11.6 Å². The van der Waals surface area contributed by atoms with Crippen LogP contribution in [0.25, 0.3) is 0 Å². The van der Waals surface area contributed by atoms with Gasteiger partial charge >= 0.3 is 0 Å². The maximum Gasteiger partial charge on any atom is 0.250 e. The molecule has 0 saturated carbocycles. The zero-order valence-corrected chi connectivity index (χ0v) is 10.8. The second-order valence-electron chi connectivity index (χ2n) is 3.33. The molecule has 0 aliphatic rings. The molecular weight excluding hydrogens is 258 g/mol. The van der Waals surface area contributed by atoms with E-state index in [-0.39, 0.29) is 11.9 Å². The van der Waals surface area contributed by atoms with E-state index in [0.717, 1.165) is 0 Å². The molecule has 1 rings (SSSR count). The van der Waals surface area contributed by atoms with Crippen LogP contribution in [0.2, 0.25) is 0 Å². The molecular formula is C8H11Cl3N4. The summed E-state index contributed by atoms with van der Waals surface area (Å²) in [4.78, 5) is 12.0. The van der Waals surface area contributed by atoms with Gasteiger partial charge in [-0.15, -0.1) is 0 Å². The summed E-state index contributed by atoms with van der Waals surface area (Å²) in [5.41, 5.74) is 0. The smallest absolute Gasteiger partial charge is 0.250 e. The Morgan fingerprint density at radius 3 is 2.20 bits per heavy atom. The Labute approximate surface area is 103 Å². The molecule has 4 nitrogen and oxygen atoms in total. The molecule has 0 amide bonds. The van der Waals surface area contributed by atoms with Crippen LogP contribution in [-0.2, 0) is 3.79 Å². The van der Waals surface area contributed by atoms with Crippen molar-refractivity contribution in [3.8, 4) is 0 Å². The van der Waals surface area contributed by atoms with Gasteiger partial charge in [-0.1, -0.05) is 34.8 Å². The molecule has 1 heterocycles. The summed E-state index contributed by atoms with van der Waals surface area (Å²) in [6, 6.07) is 0.204. The minimum Gasteiger partial charge on any atom is -0.352 e. The first kappa shape index (κ1) is 12.7. The van der Waals surface area contributed by atoms with Crippen molar-refractivity contribution >= 4 is 40.8 Å². The van der Waals surface area contributed by atoms with Crippen LogP contribution < -0.4 is 5.32 Å². The number of aryl methyl sites for hydroxylation is 1. The molecule has 1 aromatic rings. The molecule has 1 N–H and O–H groups in total. The second-order valence-corrected chi connectivity index (χ2v) is 5.61. The quantitative estimate of drug-likeness (QED) is 0.839. The Morgan fingerprint density at radius 2 is 1.73 bits per heavy atom. The van der Waals surface area contributed by atoms with Gasteiger partial charge in [-0.05, 0) is 20.8 Å². The summed E-state index contributed by atoms with van der Waals surface area (Å²) in [5, 5.41) is 3.02. The van der Waals surface area contributed by atoms with Crippen LogP contribution in [0, 0.1) is 6.92 Å². The lowest BCUT2D eigenvalue weighted by Gasteiger charge is -2.13. The van der Waals surface area contributed by atoms with Crippen molar-refractivity contribution in [3.63, 3.8) is 0 Å². The number of alkyl halides is 3. The summed E-state index contributed by atoms with van der Waals surface area (Å²) >= 11 is 17.1. The predicted molar refractivity (Wildman–Crippen MR) is 62.6 cm³/mol. The van der Waals surface area contributed by atoms with Crippen molar-refractivity contribution in [1.82, 2.24) is 15.0 Å². The summed E-state index contributed by atoms with van der Waals surface area (Å²) in [7, 11) is 0. The van der Waals surface area contributed by atoms with Crippen LogP contribution in [0.4, 0.5) is 5.95 Å². The van der Waals surface area contributed by atoms with Gasteiger partial charge in [0.2, 0.25) is 9.74 Å². The first-order valence-corrected chi connectivity index (χ1v) is 5.49. The van der Waals surface area contributed by atoms with E-state index >= 15 is 0 Å². The monoisotopic (exact) mass is 268 g/mol. The van der Waals surface area contributed by atoms with Gasteiger partial charge < -0.3 is 5.32 Å². The Morgan fingerprint density at radius 1 is 1.13 bits per heavy atom. The van der Waals surface area contributed by atoms with Crippen molar-refractivity contribution in [1.29, 1.82) is 0 Å². The SMILES string of the molecule is Cc1nc(NC(C)C)nc(C(Cl)(Cl)Cl)n1. The highest BCUT2D eigenvalue weighted by atomic mass is 35.6. The fraction of sp³-hybridized carbons (Fsp3) is 0.625. The van der Waals surface area contributed by atoms with E-state index in [1.807, 2.05) is 13.8 Å². The number of nitrogens with one attached hydrogen (secondary N) is 1. The number of rotatable bonds is 2. The molecule has 7 heteroatoms. The van der Waals surface area contributed by atoms with Gasteiger partial charge in [-0.2, -0.15) is 9.97 Å². The molecule has 0 bridgehead atoms. The number of hydrogen-bond acceptors (Lipinski definition) is 4. The van der Waals surface area contributed by atoms with E-state index in [1.165, 1.54) is 0 Å². The molecule has 0 atom stereocenters.